The molecular formula is C42H55ClN2O3S. The first-order valence-corrected chi connectivity index (χ1v) is 20.0. The van der Waals surface area contributed by atoms with Crippen molar-refractivity contribution in [2.45, 2.75) is 108 Å². The first-order valence-electron chi connectivity index (χ1n) is 18.1. The summed E-state index contributed by atoms with van der Waals surface area (Å²) in [6.07, 6.45) is 13.9. The third-order valence-corrected chi connectivity index (χ3v) is 11.2. The molecule has 5 nitrogen and oxygen atoms in total. The molecule has 4 aromatic carbocycles. The number of halogens is 1. The summed E-state index contributed by atoms with van der Waals surface area (Å²) in [5.41, 5.74) is 6.23. The fourth-order valence-corrected chi connectivity index (χ4v) is 7.60. The minimum atomic E-state index is -3.50. The average Bonchev–Trinajstić information content (AvgIpc) is 3.11. The molecular weight excluding hydrogens is 648 g/mol. The van der Waals surface area contributed by atoms with Crippen molar-refractivity contribution in [3.8, 4) is 0 Å². The third kappa shape index (κ3) is 11.9. The van der Waals surface area contributed by atoms with Crippen molar-refractivity contribution < 1.29 is 13.5 Å². The zero-order valence-electron chi connectivity index (χ0n) is 29.6. The van der Waals surface area contributed by atoms with Crippen LogP contribution in [0, 0.1) is 6.92 Å². The Balaban J connectivity index is 0.000000226. The number of unbranched alkanes of at least 4 members (excludes halogenated alkanes) is 6. The standard InChI is InChI=1S/C24H32ClNO.C18H23NO2S/c1-3-4-5-6-7-20-8-13-23(18-19(20)2)26-16-14-24(27,15-17-26)21-9-11-22(25)12-10-21;1-2-3-4-6-9-16-12-14-17(15-13-16)19-22(20,21)18-10-7-5-8-11-18/h8-13,18,27H,3-7,14-17H2,1-2H3;5,7-8,10-15,19H,2-4,6,9H2,1H3. The molecule has 0 aromatic heterocycles. The van der Waals surface area contributed by atoms with Crippen LogP contribution in [0.15, 0.2) is 102 Å². The number of aryl methyl sites for hydroxylation is 3. The smallest absolute Gasteiger partial charge is 0.261 e. The maximum atomic E-state index is 12.2. The molecule has 1 heterocycles. The minimum absolute atomic E-state index is 0.277. The number of rotatable bonds is 15. The van der Waals surface area contributed by atoms with Crippen molar-refractivity contribution in [1.29, 1.82) is 0 Å². The highest BCUT2D eigenvalue weighted by Crippen LogP contribution is 2.35. The Kier molecular flexibility index (Phi) is 15.1. The predicted molar refractivity (Wildman–Crippen MR) is 207 cm³/mol. The van der Waals surface area contributed by atoms with Crippen LogP contribution < -0.4 is 9.62 Å². The maximum Gasteiger partial charge on any atom is 0.261 e. The first kappa shape index (κ1) is 38.5. The summed E-state index contributed by atoms with van der Waals surface area (Å²) in [5.74, 6) is 0. The largest absolute Gasteiger partial charge is 0.385 e. The topological polar surface area (TPSA) is 69.6 Å². The van der Waals surface area contributed by atoms with Gasteiger partial charge in [0.05, 0.1) is 10.5 Å². The van der Waals surface area contributed by atoms with Gasteiger partial charge in [0, 0.05) is 29.5 Å². The van der Waals surface area contributed by atoms with Gasteiger partial charge in [0.25, 0.3) is 10.0 Å². The van der Waals surface area contributed by atoms with Gasteiger partial charge >= 0.3 is 0 Å². The van der Waals surface area contributed by atoms with Crippen LogP contribution in [0.5, 0.6) is 0 Å². The van der Waals surface area contributed by atoms with E-state index in [1.807, 2.05) is 48.5 Å². The van der Waals surface area contributed by atoms with Crippen LogP contribution in [0.2, 0.25) is 5.02 Å². The monoisotopic (exact) mass is 702 g/mol. The van der Waals surface area contributed by atoms with E-state index in [9.17, 15) is 13.5 Å². The highest BCUT2D eigenvalue weighted by Gasteiger charge is 2.34. The number of hydrogen-bond donors (Lipinski definition) is 2. The molecule has 0 amide bonds. The molecule has 5 rings (SSSR count). The van der Waals surface area contributed by atoms with E-state index in [4.69, 9.17) is 11.6 Å². The molecule has 7 heteroatoms. The van der Waals surface area contributed by atoms with Crippen LogP contribution >= 0.6 is 11.6 Å². The van der Waals surface area contributed by atoms with E-state index in [0.29, 0.717) is 10.7 Å². The first-order chi connectivity index (χ1) is 23.6. The molecule has 2 N–H and O–H groups in total. The second kappa shape index (κ2) is 19.2. The van der Waals surface area contributed by atoms with Crippen LogP contribution in [-0.4, -0.2) is 26.6 Å². The van der Waals surface area contributed by atoms with Gasteiger partial charge in [0.1, 0.15) is 0 Å². The summed E-state index contributed by atoms with van der Waals surface area (Å²) >= 11 is 5.98. The summed E-state index contributed by atoms with van der Waals surface area (Å²) < 4.78 is 27.0. The van der Waals surface area contributed by atoms with Crippen LogP contribution in [-0.2, 0) is 28.5 Å². The Hall–Kier alpha value is -3.32. The van der Waals surface area contributed by atoms with Crippen molar-refractivity contribution in [2.24, 2.45) is 0 Å². The molecule has 1 fully saturated rings. The highest BCUT2D eigenvalue weighted by atomic mass is 35.5. The number of anilines is 2. The lowest BCUT2D eigenvalue weighted by molar-refractivity contribution is 0.0118. The van der Waals surface area contributed by atoms with Crippen LogP contribution in [0.25, 0.3) is 0 Å². The molecule has 0 radical (unpaired) electrons. The molecule has 49 heavy (non-hydrogen) atoms. The van der Waals surface area contributed by atoms with E-state index >= 15 is 0 Å². The Morgan fingerprint density at radius 2 is 1.37 bits per heavy atom. The number of aliphatic hydroxyl groups is 1. The zero-order chi connectivity index (χ0) is 35.1. The van der Waals surface area contributed by atoms with Crippen molar-refractivity contribution in [3.63, 3.8) is 0 Å². The molecule has 0 unspecified atom stereocenters. The lowest BCUT2D eigenvalue weighted by atomic mass is 9.84. The summed E-state index contributed by atoms with van der Waals surface area (Å²) in [7, 11) is -3.50. The fourth-order valence-electron chi connectivity index (χ4n) is 6.39. The number of nitrogens with one attached hydrogen (secondary N) is 1. The molecule has 4 aromatic rings. The molecule has 1 aliphatic rings. The summed E-state index contributed by atoms with van der Waals surface area (Å²) in [4.78, 5) is 2.68. The lowest BCUT2D eigenvalue weighted by Crippen LogP contribution is -2.42. The Bertz CT molecular complexity index is 1650. The molecule has 264 valence electrons. The van der Waals surface area contributed by atoms with E-state index in [-0.39, 0.29) is 4.90 Å². The molecule has 0 atom stereocenters. The van der Waals surface area contributed by atoms with Gasteiger partial charge in [-0.25, -0.2) is 8.42 Å². The molecule has 1 aliphatic heterocycles. The van der Waals surface area contributed by atoms with Crippen molar-refractivity contribution in [3.05, 3.63) is 124 Å². The van der Waals surface area contributed by atoms with Gasteiger partial charge in [-0.1, -0.05) is 113 Å². The summed E-state index contributed by atoms with van der Waals surface area (Å²) in [6, 6.07) is 30.6. The van der Waals surface area contributed by atoms with Crippen LogP contribution in [0.4, 0.5) is 11.4 Å². The van der Waals surface area contributed by atoms with E-state index in [1.165, 1.54) is 80.2 Å². The number of sulfonamides is 1. The molecule has 0 spiro atoms. The van der Waals surface area contributed by atoms with Gasteiger partial charge in [0.2, 0.25) is 0 Å². The van der Waals surface area contributed by atoms with E-state index in [0.717, 1.165) is 37.9 Å². The van der Waals surface area contributed by atoms with Gasteiger partial charge in [-0.15, -0.1) is 0 Å². The predicted octanol–water partition coefficient (Wildman–Crippen LogP) is 10.9. The number of hydrogen-bond acceptors (Lipinski definition) is 4. The van der Waals surface area contributed by atoms with Gasteiger partial charge in [-0.3, -0.25) is 4.72 Å². The van der Waals surface area contributed by atoms with Gasteiger partial charge in [-0.05, 0) is 116 Å². The fraction of sp³-hybridized carbons (Fsp3) is 0.429. The summed E-state index contributed by atoms with van der Waals surface area (Å²) in [6.45, 7) is 8.43. The van der Waals surface area contributed by atoms with Gasteiger partial charge in [0.15, 0.2) is 0 Å². The van der Waals surface area contributed by atoms with E-state index < -0.39 is 15.6 Å². The van der Waals surface area contributed by atoms with Crippen LogP contribution in [0.3, 0.4) is 0 Å². The second-order valence-corrected chi connectivity index (χ2v) is 15.5. The normalized spacial score (nSPS) is 14.2. The zero-order valence-corrected chi connectivity index (χ0v) is 31.2. The minimum Gasteiger partial charge on any atom is -0.385 e. The Labute approximate surface area is 300 Å². The van der Waals surface area contributed by atoms with Crippen molar-refractivity contribution in [1.82, 2.24) is 0 Å². The molecule has 0 saturated carbocycles. The lowest BCUT2D eigenvalue weighted by Gasteiger charge is -2.40. The van der Waals surface area contributed by atoms with Crippen molar-refractivity contribution in [2.75, 3.05) is 22.7 Å². The van der Waals surface area contributed by atoms with Gasteiger partial charge in [-0.2, -0.15) is 0 Å². The number of benzene rings is 4. The third-order valence-electron chi connectivity index (χ3n) is 9.54. The Morgan fingerprint density at radius 1 is 0.755 bits per heavy atom. The maximum absolute atomic E-state index is 12.2. The molecule has 0 bridgehead atoms. The van der Waals surface area contributed by atoms with Crippen LogP contribution in [0.1, 0.15) is 100 Å². The van der Waals surface area contributed by atoms with E-state index in [2.05, 4.69) is 48.6 Å². The SMILES string of the molecule is CCCCCCc1ccc(N2CCC(O)(c3ccc(Cl)cc3)CC2)cc1C.CCCCCCc1ccc(NS(=O)(=O)c2ccccc2)cc1. The molecule has 0 aliphatic carbocycles. The van der Waals surface area contributed by atoms with Gasteiger partial charge < -0.3 is 10.0 Å². The quantitative estimate of drug-likeness (QED) is 0.121. The molecule has 1 saturated heterocycles. The average molecular weight is 703 g/mol. The summed E-state index contributed by atoms with van der Waals surface area (Å²) in [5, 5.41) is 11.8. The highest BCUT2D eigenvalue weighted by molar-refractivity contribution is 7.92. The Morgan fingerprint density at radius 3 is 1.96 bits per heavy atom. The number of nitrogens with zero attached hydrogens (tertiary/aromatic N) is 1. The van der Waals surface area contributed by atoms with Crippen molar-refractivity contribution >= 4 is 33.0 Å². The van der Waals surface area contributed by atoms with E-state index in [1.54, 1.807) is 30.3 Å². The number of piperidine rings is 1. The second-order valence-electron chi connectivity index (χ2n) is 13.4.